The highest BCUT2D eigenvalue weighted by atomic mass is 16.5. The van der Waals surface area contributed by atoms with Gasteiger partial charge in [-0.15, -0.1) is 0 Å². The highest BCUT2D eigenvalue weighted by molar-refractivity contribution is 5.87. The van der Waals surface area contributed by atoms with E-state index >= 15 is 0 Å². The number of carbonyl (C=O) groups is 3. The second-order valence-corrected chi connectivity index (χ2v) is 6.73. The molecule has 32 heavy (non-hydrogen) atoms. The molecule has 0 amide bonds. The van der Waals surface area contributed by atoms with Gasteiger partial charge < -0.3 is 14.2 Å². The van der Waals surface area contributed by atoms with Crippen molar-refractivity contribution < 1.29 is 28.6 Å². The van der Waals surface area contributed by atoms with Gasteiger partial charge in [0.2, 0.25) is 0 Å². The van der Waals surface area contributed by atoms with Crippen molar-refractivity contribution in [1.29, 1.82) is 0 Å². The zero-order valence-corrected chi connectivity index (χ0v) is 19.9. The van der Waals surface area contributed by atoms with E-state index in [2.05, 4.69) is 31.4 Å². The fraction of sp³-hybridized carbons (Fsp3) is 0.346. The Morgan fingerprint density at radius 3 is 1.75 bits per heavy atom. The van der Waals surface area contributed by atoms with Crippen molar-refractivity contribution >= 4 is 24.0 Å². The first-order valence-corrected chi connectivity index (χ1v) is 10.2. The Labute approximate surface area is 192 Å². The zero-order valence-electron chi connectivity index (χ0n) is 19.9. The maximum absolute atomic E-state index is 11.0. The lowest BCUT2D eigenvalue weighted by Crippen LogP contribution is -2.05. The summed E-state index contributed by atoms with van der Waals surface area (Å²) >= 11 is 0. The highest BCUT2D eigenvalue weighted by Crippen LogP contribution is 2.01. The van der Waals surface area contributed by atoms with Gasteiger partial charge >= 0.3 is 17.9 Å². The molecule has 0 spiro atoms. The Morgan fingerprint density at radius 1 is 0.844 bits per heavy atom. The van der Waals surface area contributed by atoms with Gasteiger partial charge in [-0.2, -0.15) is 0 Å². The van der Waals surface area contributed by atoms with Crippen molar-refractivity contribution in [3.8, 4) is 0 Å². The van der Waals surface area contributed by atoms with E-state index in [9.17, 15) is 14.4 Å². The number of unbranched alkanes of at least 4 members (excludes halogenated alkanes) is 1. The molecule has 6 nitrogen and oxygen atoms in total. The molecule has 1 aromatic carbocycles. The minimum absolute atomic E-state index is 0.278. The van der Waals surface area contributed by atoms with Gasteiger partial charge in [-0.1, -0.05) is 69.5 Å². The molecule has 176 valence electrons. The summed E-state index contributed by atoms with van der Waals surface area (Å²) in [7, 11) is 1.33. The number of carbonyl (C=O) groups excluding carboxylic acids is 3. The van der Waals surface area contributed by atoms with E-state index in [-0.39, 0.29) is 24.5 Å². The molecule has 0 bridgehead atoms. The van der Waals surface area contributed by atoms with Crippen LogP contribution in [-0.4, -0.2) is 38.2 Å². The third kappa shape index (κ3) is 18.6. The van der Waals surface area contributed by atoms with Crippen molar-refractivity contribution in [3.05, 3.63) is 78.4 Å². The van der Waals surface area contributed by atoms with E-state index in [0.717, 1.165) is 18.4 Å². The van der Waals surface area contributed by atoms with Gasteiger partial charge in [0.15, 0.2) is 0 Å². The van der Waals surface area contributed by atoms with Gasteiger partial charge in [-0.05, 0) is 38.8 Å². The Balaban J connectivity index is 0. The van der Waals surface area contributed by atoms with E-state index in [1.165, 1.54) is 7.11 Å². The van der Waals surface area contributed by atoms with Crippen LogP contribution in [0.1, 0.15) is 46.1 Å². The molecule has 0 radical (unpaired) electrons. The smallest absolute Gasteiger partial charge is 0.333 e. The molecule has 0 aromatic heterocycles. The molecule has 0 unspecified atom stereocenters. The Morgan fingerprint density at radius 2 is 1.34 bits per heavy atom. The van der Waals surface area contributed by atoms with E-state index < -0.39 is 0 Å². The maximum Gasteiger partial charge on any atom is 0.333 e. The van der Waals surface area contributed by atoms with Gasteiger partial charge in [0, 0.05) is 16.7 Å². The predicted octanol–water partition coefficient (Wildman–Crippen LogP) is 5.46. The third-order valence-electron chi connectivity index (χ3n) is 3.38. The normalized spacial score (nSPS) is 9.28. The molecule has 0 heterocycles. The van der Waals surface area contributed by atoms with Crippen LogP contribution in [0.25, 0.3) is 6.08 Å². The molecule has 0 saturated heterocycles. The van der Waals surface area contributed by atoms with Crippen molar-refractivity contribution in [2.75, 3.05) is 20.3 Å². The highest BCUT2D eigenvalue weighted by Gasteiger charge is 2.00. The number of benzene rings is 1. The van der Waals surface area contributed by atoms with Crippen LogP contribution in [0.3, 0.4) is 0 Å². The van der Waals surface area contributed by atoms with E-state index in [1.54, 1.807) is 26.8 Å². The molecule has 6 heteroatoms. The monoisotopic (exact) mass is 444 g/mol. The van der Waals surface area contributed by atoms with E-state index in [0.29, 0.717) is 23.3 Å². The second kappa shape index (κ2) is 19.5. The van der Waals surface area contributed by atoms with Crippen LogP contribution >= 0.6 is 0 Å². The Bertz CT molecular complexity index is 775. The van der Waals surface area contributed by atoms with Gasteiger partial charge in [0.1, 0.15) is 6.61 Å². The summed E-state index contributed by atoms with van der Waals surface area (Å²) in [6.07, 6.45) is 5.68. The molecule has 0 saturated carbocycles. The van der Waals surface area contributed by atoms with E-state index in [4.69, 9.17) is 9.47 Å². The lowest BCUT2D eigenvalue weighted by atomic mass is 10.2. The minimum atomic E-state index is -0.354. The minimum Gasteiger partial charge on any atom is -0.466 e. The van der Waals surface area contributed by atoms with Crippen molar-refractivity contribution in [2.45, 2.75) is 40.5 Å². The summed E-state index contributed by atoms with van der Waals surface area (Å²) in [5.74, 6) is -0.985. The lowest BCUT2D eigenvalue weighted by Gasteiger charge is -2.01. The number of methoxy groups -OCH3 is 1. The predicted molar refractivity (Wildman–Crippen MR) is 129 cm³/mol. The summed E-state index contributed by atoms with van der Waals surface area (Å²) in [5.41, 5.74) is 2.41. The van der Waals surface area contributed by atoms with Crippen LogP contribution in [0.5, 0.6) is 0 Å². The van der Waals surface area contributed by atoms with Gasteiger partial charge in [-0.3, -0.25) is 0 Å². The summed E-state index contributed by atoms with van der Waals surface area (Å²) in [6, 6.07) is 9.84. The molecule has 0 fully saturated rings. The standard InChI is InChI=1S/C13H14O2.C8H14O2.C5H8O2/c1-11(2)13(14)15-10-6-9-12-7-4-3-5-8-12;1-4-5-6-10-8(9)7(2)3;1-4(2)5(6)7-3/h3-9H,1,10H2,2H3;2,4-6H2,1,3H3;1H2,2-3H3. The van der Waals surface area contributed by atoms with Gasteiger partial charge in [-0.25, -0.2) is 14.4 Å². The number of ether oxygens (including phenoxy) is 3. The topological polar surface area (TPSA) is 78.9 Å². The number of esters is 3. The van der Waals surface area contributed by atoms with Crippen LogP contribution in [0.15, 0.2) is 72.9 Å². The molecule has 0 atom stereocenters. The molecular weight excluding hydrogens is 408 g/mol. The first-order valence-electron chi connectivity index (χ1n) is 10.2. The molecule has 0 aliphatic carbocycles. The van der Waals surface area contributed by atoms with Crippen LogP contribution in [-0.2, 0) is 28.6 Å². The first-order chi connectivity index (χ1) is 15.1. The van der Waals surface area contributed by atoms with Gasteiger partial charge in [0.25, 0.3) is 0 Å². The summed E-state index contributed by atoms with van der Waals surface area (Å²) in [4.78, 5) is 31.9. The van der Waals surface area contributed by atoms with Gasteiger partial charge in [0.05, 0.1) is 13.7 Å². The number of rotatable bonds is 9. The SMILES string of the molecule is C=C(C)C(=O)OC.C=C(C)C(=O)OCC=Cc1ccccc1.C=C(C)C(=O)OCCCC. The molecule has 1 aromatic rings. The lowest BCUT2D eigenvalue weighted by molar-refractivity contribution is -0.139. The fourth-order valence-electron chi connectivity index (χ4n) is 1.60. The van der Waals surface area contributed by atoms with Crippen molar-refractivity contribution in [3.63, 3.8) is 0 Å². The summed E-state index contributed by atoms with van der Waals surface area (Å²) < 4.78 is 14.0. The number of hydrogen-bond acceptors (Lipinski definition) is 6. The fourth-order valence-corrected chi connectivity index (χ4v) is 1.60. The summed E-state index contributed by atoms with van der Waals surface area (Å²) in [5, 5.41) is 0. The average Bonchev–Trinajstić information content (AvgIpc) is 2.77. The second-order valence-electron chi connectivity index (χ2n) is 6.73. The first kappa shape index (κ1) is 30.8. The van der Waals surface area contributed by atoms with E-state index in [1.807, 2.05) is 36.4 Å². The third-order valence-corrected chi connectivity index (χ3v) is 3.38. The molecule has 1 rings (SSSR count). The zero-order chi connectivity index (χ0) is 24.9. The van der Waals surface area contributed by atoms with Crippen LogP contribution in [0.2, 0.25) is 0 Å². The average molecular weight is 445 g/mol. The maximum atomic E-state index is 11.0. The molecule has 0 N–H and O–H groups in total. The van der Waals surface area contributed by atoms with Crippen molar-refractivity contribution in [1.82, 2.24) is 0 Å². The largest absolute Gasteiger partial charge is 0.466 e. The Kier molecular flexibility index (Phi) is 18.8. The number of hydrogen-bond donors (Lipinski definition) is 0. The van der Waals surface area contributed by atoms with Crippen molar-refractivity contribution in [2.24, 2.45) is 0 Å². The molecule has 0 aliphatic heterocycles. The van der Waals surface area contributed by atoms with Crippen LogP contribution < -0.4 is 0 Å². The molecule has 0 aliphatic rings. The van der Waals surface area contributed by atoms with Crippen LogP contribution in [0.4, 0.5) is 0 Å². The summed E-state index contributed by atoms with van der Waals surface area (Å²) in [6.45, 7) is 18.0. The Hall–Kier alpha value is -3.41. The van der Waals surface area contributed by atoms with Crippen LogP contribution in [0, 0.1) is 0 Å². The molecular formula is C26H36O6. The quantitative estimate of drug-likeness (QED) is 0.218.